The fraction of sp³-hybridized carbons (Fsp3) is 0.500. The second-order valence-corrected chi connectivity index (χ2v) is 6.48. The van der Waals surface area contributed by atoms with Crippen molar-refractivity contribution in [2.45, 2.75) is 18.2 Å². The van der Waals surface area contributed by atoms with Crippen LogP contribution in [0.5, 0.6) is 11.5 Å². The van der Waals surface area contributed by atoms with Gasteiger partial charge >= 0.3 is 5.91 Å². The van der Waals surface area contributed by atoms with Gasteiger partial charge in [0.05, 0.1) is 31.8 Å². The number of nitrogens with zero attached hydrogens (tertiary/aromatic N) is 2. The summed E-state index contributed by atoms with van der Waals surface area (Å²) in [6.45, 7) is 1.81. The van der Waals surface area contributed by atoms with Crippen LogP contribution >= 0.6 is 0 Å². The Kier molecular flexibility index (Phi) is 3.70. The number of fused-ring (bicyclic) bond motifs is 1. The molecule has 1 aromatic rings. The van der Waals surface area contributed by atoms with E-state index in [0.29, 0.717) is 17.1 Å². The van der Waals surface area contributed by atoms with Crippen molar-refractivity contribution in [3.63, 3.8) is 0 Å². The van der Waals surface area contributed by atoms with E-state index in [2.05, 4.69) is 17.1 Å². The Hall–Kier alpha value is -2.81. The predicted octanol–water partition coefficient (Wildman–Crippen LogP) is -0.607. The maximum atomic E-state index is 10.2. The molecule has 0 saturated heterocycles. The van der Waals surface area contributed by atoms with E-state index in [1.54, 1.807) is 25.1 Å². The Bertz CT molecular complexity index is 882. The summed E-state index contributed by atoms with van der Waals surface area (Å²) in [5.74, 6) is -0.377. The maximum Gasteiger partial charge on any atom is 0.343 e. The quantitative estimate of drug-likeness (QED) is 0.674. The van der Waals surface area contributed by atoms with Gasteiger partial charge in [-0.25, -0.2) is 4.99 Å². The number of nitriles is 2. The number of nitrogens with two attached hydrogens (primary N) is 1. The zero-order valence-electron chi connectivity index (χ0n) is 15.3. The molecule has 8 nitrogen and oxygen atoms in total. The van der Waals surface area contributed by atoms with Gasteiger partial charge in [-0.2, -0.15) is 10.5 Å². The molecule has 1 fully saturated rings. The second kappa shape index (κ2) is 5.34. The monoisotopic (exact) mass is 357 g/mol. The topological polar surface area (TPSA) is 124 Å². The van der Waals surface area contributed by atoms with Gasteiger partial charge in [-0.15, -0.1) is 0 Å². The molecule has 1 heterocycles. The van der Waals surface area contributed by atoms with Crippen molar-refractivity contribution in [1.29, 1.82) is 10.5 Å². The average molecular weight is 357 g/mol. The van der Waals surface area contributed by atoms with Gasteiger partial charge in [-0.1, -0.05) is 13.0 Å². The van der Waals surface area contributed by atoms with E-state index in [9.17, 15) is 10.5 Å². The molecule has 0 aromatic heterocycles. The molecule has 3 rings (SSSR count). The summed E-state index contributed by atoms with van der Waals surface area (Å²) >= 11 is 0. The molecule has 0 spiro atoms. The van der Waals surface area contributed by atoms with E-state index in [-0.39, 0.29) is 5.84 Å². The number of hydrogen-bond acceptors (Lipinski definition) is 7. The van der Waals surface area contributed by atoms with Crippen LogP contribution in [0, 0.1) is 33.5 Å². The van der Waals surface area contributed by atoms with E-state index in [1.807, 2.05) is 0 Å². The van der Waals surface area contributed by atoms with Gasteiger partial charge in [-0.3, -0.25) is 5.73 Å². The van der Waals surface area contributed by atoms with Crippen molar-refractivity contribution in [2.24, 2.45) is 16.6 Å². The van der Waals surface area contributed by atoms with E-state index in [4.69, 9.17) is 24.7 Å². The van der Waals surface area contributed by atoms with E-state index >= 15 is 0 Å². The molecular formula is C18H21N4O4+. The van der Waals surface area contributed by atoms with Gasteiger partial charge < -0.3 is 18.9 Å². The normalized spacial score (nSPS) is 33.4. The van der Waals surface area contributed by atoms with Crippen molar-refractivity contribution >= 4 is 5.84 Å². The summed E-state index contributed by atoms with van der Waals surface area (Å²) < 4.78 is 21.8. The molecule has 3 N–H and O–H groups in total. The Balaban J connectivity index is 2.31. The summed E-state index contributed by atoms with van der Waals surface area (Å²) in [4.78, 5) is 2.87. The van der Waals surface area contributed by atoms with Crippen LogP contribution in [0.15, 0.2) is 18.2 Å². The minimum absolute atomic E-state index is 0.141. The number of ether oxygens (including phenoxy) is 4. The summed E-state index contributed by atoms with van der Waals surface area (Å²) in [5.41, 5.74) is 3.18. The minimum atomic E-state index is -1.55. The molecule has 0 unspecified atom stereocenters. The highest BCUT2D eigenvalue weighted by Crippen LogP contribution is 2.82. The van der Waals surface area contributed by atoms with E-state index in [0.717, 1.165) is 0 Å². The van der Waals surface area contributed by atoms with Crippen molar-refractivity contribution in [3.8, 4) is 23.6 Å². The SMILES string of the molecule is COc1ccc([C@@]2(C)[C@]3(C#N)C(N)=[NH+]C(OC)(OC)[C@@]32C#N)cc1OC. The van der Waals surface area contributed by atoms with E-state index in [1.165, 1.54) is 28.4 Å². The van der Waals surface area contributed by atoms with Gasteiger partial charge in [0.1, 0.15) is 0 Å². The Morgan fingerprint density at radius 1 is 1.00 bits per heavy atom. The van der Waals surface area contributed by atoms with Gasteiger partial charge in [0.15, 0.2) is 22.3 Å². The molecule has 1 aliphatic carbocycles. The molecule has 136 valence electrons. The lowest BCUT2D eigenvalue weighted by Crippen LogP contribution is -2.91. The van der Waals surface area contributed by atoms with Crippen LogP contribution in [0.3, 0.4) is 0 Å². The minimum Gasteiger partial charge on any atom is -0.493 e. The second-order valence-electron chi connectivity index (χ2n) is 6.48. The van der Waals surface area contributed by atoms with Crippen LogP contribution in [-0.2, 0) is 14.9 Å². The summed E-state index contributed by atoms with van der Waals surface area (Å²) in [6, 6.07) is 9.80. The first-order valence-electron chi connectivity index (χ1n) is 7.92. The first-order chi connectivity index (χ1) is 12.4. The highest BCUT2D eigenvalue weighted by atomic mass is 16.7. The summed E-state index contributed by atoms with van der Waals surface area (Å²) in [5, 5.41) is 20.2. The first kappa shape index (κ1) is 18.0. The third kappa shape index (κ3) is 1.45. The predicted molar refractivity (Wildman–Crippen MR) is 89.9 cm³/mol. The molecule has 0 radical (unpaired) electrons. The molecule has 0 bridgehead atoms. The number of nitrogens with one attached hydrogen (secondary N) is 1. The highest BCUT2D eigenvalue weighted by Gasteiger charge is 3.03. The van der Waals surface area contributed by atoms with Crippen LogP contribution in [0.25, 0.3) is 0 Å². The summed E-state index contributed by atoms with van der Waals surface area (Å²) in [7, 11) is 5.87. The maximum absolute atomic E-state index is 10.2. The Morgan fingerprint density at radius 2 is 1.62 bits per heavy atom. The molecule has 3 atom stereocenters. The third-order valence-corrected chi connectivity index (χ3v) is 6.07. The number of amidine groups is 1. The smallest absolute Gasteiger partial charge is 0.343 e. The Labute approximate surface area is 151 Å². The van der Waals surface area contributed by atoms with Crippen LogP contribution < -0.4 is 20.2 Å². The molecule has 1 aromatic carbocycles. The molecule has 26 heavy (non-hydrogen) atoms. The van der Waals surface area contributed by atoms with Gasteiger partial charge in [0.25, 0.3) is 5.84 Å². The van der Waals surface area contributed by atoms with Crippen molar-refractivity contribution in [3.05, 3.63) is 23.8 Å². The lowest BCUT2D eigenvalue weighted by atomic mass is 9.84. The highest BCUT2D eigenvalue weighted by molar-refractivity contribution is 5.97. The molecule has 1 aliphatic heterocycles. The number of benzene rings is 1. The molecular weight excluding hydrogens is 336 g/mol. The standard InChI is InChI=1S/C18H20N4O4/c1-15(11-6-7-12(23-2)13(8-11)24-3)16(9-19)14(21)22-18(25-4,26-5)17(15,16)10-20/h6-8H,1-5H3,(H2,21,22)/p+1/t15-,16-,17+/m0/s1. The number of rotatable bonds is 5. The van der Waals surface area contributed by atoms with Crippen molar-refractivity contribution in [2.75, 3.05) is 28.4 Å². The fourth-order valence-electron chi connectivity index (χ4n) is 4.73. The van der Waals surface area contributed by atoms with Crippen molar-refractivity contribution < 1.29 is 23.9 Å². The number of hydrogen-bond donors (Lipinski definition) is 2. The summed E-state index contributed by atoms with van der Waals surface area (Å²) in [6.07, 6.45) is 0. The molecule has 1 saturated carbocycles. The molecule has 8 heteroatoms. The van der Waals surface area contributed by atoms with Crippen LogP contribution in [0.4, 0.5) is 0 Å². The lowest BCUT2D eigenvalue weighted by molar-refractivity contribution is -0.688. The van der Waals surface area contributed by atoms with Crippen molar-refractivity contribution in [1.82, 2.24) is 0 Å². The largest absolute Gasteiger partial charge is 0.493 e. The van der Waals surface area contributed by atoms with Gasteiger partial charge in [0, 0.05) is 14.2 Å². The third-order valence-electron chi connectivity index (χ3n) is 6.07. The zero-order chi connectivity index (χ0) is 19.4. The zero-order valence-corrected chi connectivity index (χ0v) is 15.3. The van der Waals surface area contributed by atoms with Crippen LogP contribution in [-0.4, -0.2) is 40.2 Å². The fourth-order valence-corrected chi connectivity index (χ4v) is 4.73. The molecule has 0 amide bonds. The Morgan fingerprint density at radius 3 is 2.08 bits per heavy atom. The van der Waals surface area contributed by atoms with Gasteiger partial charge in [-0.05, 0) is 17.7 Å². The number of methoxy groups -OCH3 is 4. The van der Waals surface area contributed by atoms with Crippen LogP contribution in [0.2, 0.25) is 0 Å². The van der Waals surface area contributed by atoms with E-state index < -0.39 is 22.2 Å². The average Bonchev–Trinajstić information content (AvgIpc) is 3.09. The lowest BCUT2D eigenvalue weighted by Gasteiger charge is -2.30. The first-order valence-corrected chi connectivity index (χ1v) is 7.92. The molecule has 2 aliphatic rings. The van der Waals surface area contributed by atoms with Gasteiger partial charge in [0.2, 0.25) is 0 Å². The van der Waals surface area contributed by atoms with Crippen LogP contribution in [0.1, 0.15) is 12.5 Å².